The smallest absolute Gasteiger partial charge is 0.416 e. The molecule has 1 aliphatic rings. The molecule has 3 aromatic rings. The number of carbonyl (C=O) groups excluding carboxylic acids is 1. The van der Waals surface area contributed by atoms with Crippen LogP contribution in [0.1, 0.15) is 53.2 Å². The van der Waals surface area contributed by atoms with Crippen molar-refractivity contribution in [1.82, 2.24) is 5.16 Å². The Kier molecular flexibility index (Phi) is 6.74. The van der Waals surface area contributed by atoms with Crippen molar-refractivity contribution in [2.45, 2.75) is 43.8 Å². The molecular weight excluding hydrogens is 499 g/mol. The van der Waals surface area contributed by atoms with E-state index in [0.717, 1.165) is 18.2 Å². The zero-order chi connectivity index (χ0) is 26.3. The summed E-state index contributed by atoms with van der Waals surface area (Å²) < 4.78 is 80.4. The number of hydrogen-bond acceptors (Lipinski definition) is 7. The Morgan fingerprint density at radius 1 is 1.19 bits per heavy atom. The van der Waals surface area contributed by atoms with Crippen LogP contribution in [0.4, 0.5) is 24.5 Å². The largest absolute Gasteiger partial charge is 0.495 e. The number of hydrogen-bond donors (Lipinski definition) is 1. The fourth-order valence-corrected chi connectivity index (χ4v) is 5.50. The van der Waals surface area contributed by atoms with Gasteiger partial charge in [0.05, 0.1) is 35.8 Å². The van der Waals surface area contributed by atoms with Crippen LogP contribution in [0.3, 0.4) is 0 Å². The van der Waals surface area contributed by atoms with Gasteiger partial charge in [0.2, 0.25) is 0 Å². The summed E-state index contributed by atoms with van der Waals surface area (Å²) in [4.78, 5) is 13.3. The molecule has 1 aromatic heterocycles. The molecule has 192 valence electrons. The summed E-state index contributed by atoms with van der Waals surface area (Å²) in [5, 5.41) is 3.90. The lowest BCUT2D eigenvalue weighted by molar-refractivity contribution is -0.137. The highest BCUT2D eigenvalue weighted by Gasteiger charge is 2.35. The summed E-state index contributed by atoms with van der Waals surface area (Å²) in [6.45, 7) is 3.50. The molecule has 0 saturated carbocycles. The number of rotatable bonds is 7. The third-order valence-electron chi connectivity index (χ3n) is 5.96. The topological polar surface area (TPSA) is 102 Å². The van der Waals surface area contributed by atoms with E-state index < -0.39 is 21.8 Å². The Labute approximate surface area is 206 Å². The number of Topliss-reactive ketones (excluding diaryl/α,β-unsaturated/α-hetero) is 1. The van der Waals surface area contributed by atoms with E-state index in [2.05, 4.69) is 9.88 Å². The minimum Gasteiger partial charge on any atom is -0.495 e. The number of aryl methyl sites for hydroxylation is 1. The molecule has 36 heavy (non-hydrogen) atoms. The van der Waals surface area contributed by atoms with Gasteiger partial charge in [0.15, 0.2) is 11.5 Å². The van der Waals surface area contributed by atoms with E-state index in [-0.39, 0.29) is 39.4 Å². The van der Waals surface area contributed by atoms with E-state index >= 15 is 0 Å². The van der Waals surface area contributed by atoms with Gasteiger partial charge in [0, 0.05) is 18.2 Å². The Bertz CT molecular complexity index is 1400. The van der Waals surface area contributed by atoms with Crippen LogP contribution in [0.5, 0.6) is 5.75 Å². The number of carbonyl (C=O) groups is 1. The molecule has 4 rings (SSSR count). The average Bonchev–Trinajstić information content (AvgIpc) is 3.46. The Hall–Kier alpha value is -3.54. The van der Waals surface area contributed by atoms with Crippen LogP contribution in [0.2, 0.25) is 0 Å². The van der Waals surface area contributed by atoms with Gasteiger partial charge in [-0.05, 0) is 63.1 Å². The van der Waals surface area contributed by atoms with Gasteiger partial charge in [-0.2, -0.15) is 13.2 Å². The third-order valence-corrected chi connectivity index (χ3v) is 7.35. The zero-order valence-corrected chi connectivity index (χ0v) is 20.5. The number of ether oxygens (including phenoxy) is 1. The summed E-state index contributed by atoms with van der Waals surface area (Å²) in [5.41, 5.74) is -0.254. The van der Waals surface area contributed by atoms with Crippen molar-refractivity contribution in [1.29, 1.82) is 0 Å². The Morgan fingerprint density at radius 2 is 1.94 bits per heavy atom. The maximum absolute atomic E-state index is 13.6. The summed E-state index contributed by atoms with van der Waals surface area (Å²) in [6.07, 6.45) is -3.33. The van der Waals surface area contributed by atoms with Crippen LogP contribution in [0, 0.1) is 6.92 Å². The molecule has 0 spiro atoms. The lowest BCUT2D eigenvalue weighted by atomic mass is 10.1. The molecule has 1 saturated heterocycles. The molecule has 8 nitrogen and oxygen atoms in total. The van der Waals surface area contributed by atoms with Crippen molar-refractivity contribution in [2.75, 3.05) is 23.3 Å². The predicted molar refractivity (Wildman–Crippen MR) is 126 cm³/mol. The molecule has 1 atom stereocenters. The van der Waals surface area contributed by atoms with Crippen molar-refractivity contribution < 1.29 is 35.6 Å². The number of methoxy groups -OCH3 is 1. The van der Waals surface area contributed by atoms with Gasteiger partial charge in [0.1, 0.15) is 10.6 Å². The van der Waals surface area contributed by atoms with E-state index in [0.29, 0.717) is 30.8 Å². The molecule has 1 unspecified atom stereocenters. The Balaban J connectivity index is 1.81. The first-order valence-corrected chi connectivity index (χ1v) is 12.5. The van der Waals surface area contributed by atoms with Gasteiger partial charge in [-0.1, -0.05) is 5.16 Å². The number of nitrogens with zero attached hydrogens (tertiary/aromatic N) is 2. The zero-order valence-electron chi connectivity index (χ0n) is 19.7. The van der Waals surface area contributed by atoms with Gasteiger partial charge in [-0.3, -0.25) is 9.52 Å². The van der Waals surface area contributed by atoms with Crippen LogP contribution in [-0.4, -0.2) is 33.0 Å². The highest BCUT2D eigenvalue weighted by Crippen LogP contribution is 2.43. The highest BCUT2D eigenvalue weighted by molar-refractivity contribution is 7.92. The molecule has 2 heterocycles. The standard InChI is InChI=1S/C24H24F3N3O5S/c1-14-11-22(35-28-14)20-5-4-10-30(20)19-8-7-17(24(25,26)27)13-18(19)29-36(32,33)23-12-16(15(2)31)6-9-21(23)34-3/h6-9,11-13,20,29H,4-5,10H2,1-3H3. The van der Waals surface area contributed by atoms with Gasteiger partial charge in [-0.15, -0.1) is 0 Å². The number of sulfonamides is 1. The molecule has 0 amide bonds. The first-order chi connectivity index (χ1) is 16.9. The number of benzene rings is 2. The molecule has 12 heteroatoms. The molecule has 1 N–H and O–H groups in total. The summed E-state index contributed by atoms with van der Waals surface area (Å²) >= 11 is 0. The van der Waals surface area contributed by atoms with Gasteiger partial charge in [0.25, 0.3) is 10.0 Å². The predicted octanol–water partition coefficient (Wildman–Crippen LogP) is 5.36. The monoisotopic (exact) mass is 523 g/mol. The average molecular weight is 524 g/mol. The lowest BCUT2D eigenvalue weighted by Gasteiger charge is -2.28. The number of aromatic nitrogens is 1. The second-order valence-electron chi connectivity index (χ2n) is 8.48. The van der Waals surface area contributed by atoms with Crippen LogP contribution in [0.15, 0.2) is 51.9 Å². The fourth-order valence-electron chi connectivity index (χ4n) is 4.24. The maximum atomic E-state index is 13.6. The second kappa shape index (κ2) is 9.49. The van der Waals surface area contributed by atoms with Crippen LogP contribution in [-0.2, 0) is 16.2 Å². The highest BCUT2D eigenvalue weighted by atomic mass is 32.2. The SMILES string of the molecule is COc1ccc(C(C)=O)cc1S(=O)(=O)Nc1cc(C(F)(F)F)ccc1N1CCCC1c1cc(C)no1. The molecule has 1 fully saturated rings. The first kappa shape index (κ1) is 25.5. The van der Waals surface area contributed by atoms with E-state index in [4.69, 9.17) is 9.26 Å². The van der Waals surface area contributed by atoms with Gasteiger partial charge in [-0.25, -0.2) is 8.42 Å². The van der Waals surface area contributed by atoms with Crippen molar-refractivity contribution in [3.8, 4) is 5.75 Å². The van der Waals surface area contributed by atoms with E-state index in [1.165, 1.54) is 32.2 Å². The number of halogens is 3. The summed E-state index contributed by atoms with van der Waals surface area (Å²) in [6, 6.07) is 8.18. The Morgan fingerprint density at radius 3 is 2.56 bits per heavy atom. The van der Waals surface area contributed by atoms with E-state index in [1.807, 2.05) is 0 Å². The third kappa shape index (κ3) is 5.03. The molecule has 2 aromatic carbocycles. The first-order valence-electron chi connectivity index (χ1n) is 11.0. The lowest BCUT2D eigenvalue weighted by Crippen LogP contribution is -2.25. The fraction of sp³-hybridized carbons (Fsp3) is 0.333. The van der Waals surface area contributed by atoms with Gasteiger partial charge < -0.3 is 14.2 Å². The maximum Gasteiger partial charge on any atom is 0.416 e. The molecule has 1 aliphatic heterocycles. The molecule has 0 bridgehead atoms. The minimum atomic E-state index is -4.70. The molecule has 0 aliphatic carbocycles. The number of nitrogens with one attached hydrogen (secondary N) is 1. The second-order valence-corrected chi connectivity index (χ2v) is 10.1. The van der Waals surface area contributed by atoms with Crippen LogP contribution < -0.4 is 14.4 Å². The van der Waals surface area contributed by atoms with E-state index in [9.17, 15) is 26.4 Å². The van der Waals surface area contributed by atoms with Crippen LogP contribution >= 0.6 is 0 Å². The van der Waals surface area contributed by atoms with E-state index in [1.54, 1.807) is 17.9 Å². The normalized spacial score (nSPS) is 16.3. The summed E-state index contributed by atoms with van der Waals surface area (Å²) in [5.74, 6) is 0.0999. The number of anilines is 2. The van der Waals surface area contributed by atoms with Gasteiger partial charge >= 0.3 is 6.18 Å². The van der Waals surface area contributed by atoms with Crippen molar-refractivity contribution in [3.05, 3.63) is 65.0 Å². The minimum absolute atomic E-state index is 0.0581. The molecular formula is C24H24F3N3O5S. The number of alkyl halides is 3. The van der Waals surface area contributed by atoms with Crippen molar-refractivity contribution in [2.24, 2.45) is 0 Å². The summed E-state index contributed by atoms with van der Waals surface area (Å²) in [7, 11) is -3.21. The van der Waals surface area contributed by atoms with Crippen molar-refractivity contribution >= 4 is 27.2 Å². The molecule has 0 radical (unpaired) electrons. The van der Waals surface area contributed by atoms with Crippen molar-refractivity contribution in [3.63, 3.8) is 0 Å². The quantitative estimate of drug-likeness (QED) is 0.416. The number of ketones is 1. The van der Waals surface area contributed by atoms with Crippen LogP contribution in [0.25, 0.3) is 0 Å².